The number of benzene rings is 1. The van der Waals surface area contributed by atoms with Crippen LogP contribution in [-0.4, -0.2) is 27.8 Å². The van der Waals surface area contributed by atoms with E-state index in [0.29, 0.717) is 13.0 Å². The van der Waals surface area contributed by atoms with Crippen molar-refractivity contribution in [3.63, 3.8) is 0 Å². The molecule has 1 N–H and O–H groups in total. The third-order valence-electron chi connectivity index (χ3n) is 3.77. The first kappa shape index (κ1) is 18.0. The van der Waals surface area contributed by atoms with Crippen LogP contribution in [0.1, 0.15) is 50.6 Å². The molecular weight excluding hydrogens is 302 g/mol. The van der Waals surface area contributed by atoms with Gasteiger partial charge in [-0.05, 0) is 40.2 Å². The standard InChI is InChI=1S/C19H27N3O2/c1-14-6-8-16(9-7-14)15(2)22-13-20-12-17(22)10-11-21-18(23)24-19(3,4)5/h6-9,12-13,15H,10-11H2,1-5H3,(H,21,23). The van der Waals surface area contributed by atoms with Crippen LogP contribution < -0.4 is 5.32 Å². The summed E-state index contributed by atoms with van der Waals surface area (Å²) in [6.45, 7) is 10.3. The van der Waals surface area contributed by atoms with E-state index >= 15 is 0 Å². The van der Waals surface area contributed by atoms with Crippen LogP contribution in [0.3, 0.4) is 0 Å². The van der Waals surface area contributed by atoms with Gasteiger partial charge in [0.05, 0.1) is 12.4 Å². The van der Waals surface area contributed by atoms with E-state index in [4.69, 9.17) is 4.74 Å². The van der Waals surface area contributed by atoms with E-state index in [1.165, 1.54) is 11.1 Å². The average molecular weight is 329 g/mol. The van der Waals surface area contributed by atoms with Crippen LogP contribution in [0.5, 0.6) is 0 Å². The van der Waals surface area contributed by atoms with Crippen LogP contribution in [0.2, 0.25) is 0 Å². The van der Waals surface area contributed by atoms with Gasteiger partial charge in [0, 0.05) is 24.9 Å². The lowest BCUT2D eigenvalue weighted by atomic mass is 10.1. The molecule has 0 aliphatic rings. The molecule has 0 saturated carbocycles. The lowest BCUT2D eigenvalue weighted by molar-refractivity contribution is 0.0528. The van der Waals surface area contributed by atoms with E-state index in [2.05, 4.69) is 53.0 Å². The summed E-state index contributed by atoms with van der Waals surface area (Å²) in [5.41, 5.74) is 3.09. The van der Waals surface area contributed by atoms with E-state index in [1.807, 2.05) is 33.3 Å². The minimum absolute atomic E-state index is 0.199. The van der Waals surface area contributed by atoms with Crippen molar-refractivity contribution in [1.29, 1.82) is 0 Å². The second-order valence-corrected chi connectivity index (χ2v) is 7.06. The Labute approximate surface area is 144 Å². The zero-order chi connectivity index (χ0) is 17.7. The molecule has 24 heavy (non-hydrogen) atoms. The van der Waals surface area contributed by atoms with Crippen LogP contribution in [0.15, 0.2) is 36.8 Å². The van der Waals surface area contributed by atoms with Crippen LogP contribution >= 0.6 is 0 Å². The molecule has 0 aliphatic carbocycles. The van der Waals surface area contributed by atoms with Crippen molar-refractivity contribution in [3.05, 3.63) is 53.6 Å². The number of amides is 1. The van der Waals surface area contributed by atoms with Crippen molar-refractivity contribution in [2.75, 3.05) is 6.54 Å². The van der Waals surface area contributed by atoms with E-state index in [9.17, 15) is 4.79 Å². The summed E-state index contributed by atoms with van der Waals surface area (Å²) in [4.78, 5) is 16.0. The number of alkyl carbamates (subject to hydrolysis) is 1. The topological polar surface area (TPSA) is 56.2 Å². The highest BCUT2D eigenvalue weighted by molar-refractivity contribution is 5.67. The lowest BCUT2D eigenvalue weighted by Crippen LogP contribution is -2.33. The molecule has 0 spiro atoms. The smallest absolute Gasteiger partial charge is 0.407 e. The van der Waals surface area contributed by atoms with Gasteiger partial charge in [0.2, 0.25) is 0 Å². The number of imidazole rings is 1. The summed E-state index contributed by atoms with van der Waals surface area (Å²) in [7, 11) is 0. The maximum Gasteiger partial charge on any atom is 0.407 e. The van der Waals surface area contributed by atoms with Crippen LogP contribution in [-0.2, 0) is 11.2 Å². The van der Waals surface area contributed by atoms with Gasteiger partial charge in [-0.3, -0.25) is 0 Å². The second kappa shape index (κ2) is 7.51. The fraction of sp³-hybridized carbons (Fsp3) is 0.474. The number of carbonyl (C=O) groups is 1. The largest absolute Gasteiger partial charge is 0.444 e. The Morgan fingerprint density at radius 2 is 1.96 bits per heavy atom. The molecule has 0 saturated heterocycles. The van der Waals surface area contributed by atoms with E-state index in [-0.39, 0.29) is 12.1 Å². The number of nitrogens with one attached hydrogen (secondary N) is 1. The Hall–Kier alpha value is -2.30. The van der Waals surface area contributed by atoms with Gasteiger partial charge in [0.1, 0.15) is 5.60 Å². The van der Waals surface area contributed by atoms with Crippen molar-refractivity contribution in [2.24, 2.45) is 0 Å². The second-order valence-electron chi connectivity index (χ2n) is 7.06. The summed E-state index contributed by atoms with van der Waals surface area (Å²) in [6.07, 6.45) is 4.00. The fourth-order valence-electron chi connectivity index (χ4n) is 2.49. The van der Waals surface area contributed by atoms with Gasteiger partial charge in [0.25, 0.3) is 0 Å². The number of aromatic nitrogens is 2. The highest BCUT2D eigenvalue weighted by Gasteiger charge is 2.16. The van der Waals surface area contributed by atoms with Gasteiger partial charge in [0.15, 0.2) is 0 Å². The Balaban J connectivity index is 1.95. The van der Waals surface area contributed by atoms with Crippen molar-refractivity contribution < 1.29 is 9.53 Å². The molecule has 5 heteroatoms. The van der Waals surface area contributed by atoms with Crippen LogP contribution in [0.25, 0.3) is 0 Å². The molecule has 0 radical (unpaired) electrons. The quantitative estimate of drug-likeness (QED) is 0.906. The maximum absolute atomic E-state index is 11.7. The molecule has 5 nitrogen and oxygen atoms in total. The SMILES string of the molecule is Cc1ccc(C(C)n2cncc2CCNC(=O)OC(C)(C)C)cc1. The lowest BCUT2D eigenvalue weighted by Gasteiger charge is -2.20. The molecule has 2 aromatic rings. The van der Waals surface area contributed by atoms with Gasteiger partial charge in [-0.1, -0.05) is 29.8 Å². The summed E-state index contributed by atoms with van der Waals surface area (Å²) >= 11 is 0. The zero-order valence-electron chi connectivity index (χ0n) is 15.2. The van der Waals surface area contributed by atoms with Gasteiger partial charge >= 0.3 is 6.09 Å². The number of rotatable bonds is 5. The average Bonchev–Trinajstić information content (AvgIpc) is 2.94. The number of hydrogen-bond donors (Lipinski definition) is 1. The molecule has 1 heterocycles. The zero-order valence-corrected chi connectivity index (χ0v) is 15.2. The molecule has 0 fully saturated rings. The van der Waals surface area contributed by atoms with Gasteiger partial charge in [-0.15, -0.1) is 0 Å². The molecule has 0 aliphatic heterocycles. The minimum atomic E-state index is -0.480. The maximum atomic E-state index is 11.7. The molecule has 1 amide bonds. The van der Waals surface area contributed by atoms with Crippen molar-refractivity contribution in [1.82, 2.24) is 14.9 Å². The third kappa shape index (κ3) is 5.11. The van der Waals surface area contributed by atoms with Gasteiger partial charge < -0.3 is 14.6 Å². The molecule has 1 aromatic carbocycles. The van der Waals surface area contributed by atoms with E-state index in [1.54, 1.807) is 0 Å². The number of aryl methyl sites for hydroxylation is 1. The third-order valence-corrected chi connectivity index (χ3v) is 3.77. The highest BCUT2D eigenvalue weighted by Crippen LogP contribution is 2.20. The van der Waals surface area contributed by atoms with Crippen molar-refractivity contribution >= 4 is 6.09 Å². The van der Waals surface area contributed by atoms with Crippen molar-refractivity contribution in [2.45, 2.75) is 52.7 Å². The number of ether oxygens (including phenoxy) is 1. The first-order chi connectivity index (χ1) is 11.3. The predicted octanol–water partition coefficient (Wildman–Crippen LogP) is 3.87. The molecule has 1 atom stereocenters. The van der Waals surface area contributed by atoms with Crippen LogP contribution in [0.4, 0.5) is 4.79 Å². The summed E-state index contributed by atoms with van der Waals surface area (Å²) in [5.74, 6) is 0. The molecular formula is C19H27N3O2. The summed E-state index contributed by atoms with van der Waals surface area (Å²) in [5, 5.41) is 2.79. The monoisotopic (exact) mass is 329 g/mol. The molecule has 2 rings (SSSR count). The first-order valence-corrected chi connectivity index (χ1v) is 8.30. The minimum Gasteiger partial charge on any atom is -0.444 e. The number of nitrogens with zero attached hydrogens (tertiary/aromatic N) is 2. The molecule has 130 valence electrons. The summed E-state index contributed by atoms with van der Waals surface area (Å²) in [6, 6.07) is 8.72. The molecule has 0 bridgehead atoms. The predicted molar refractivity (Wildman–Crippen MR) is 95.2 cm³/mol. The Morgan fingerprint density at radius 3 is 2.58 bits per heavy atom. The van der Waals surface area contributed by atoms with E-state index < -0.39 is 5.60 Å². The Bertz CT molecular complexity index is 669. The fourth-order valence-corrected chi connectivity index (χ4v) is 2.49. The van der Waals surface area contributed by atoms with Gasteiger partial charge in [-0.2, -0.15) is 0 Å². The number of hydrogen-bond acceptors (Lipinski definition) is 3. The van der Waals surface area contributed by atoms with E-state index in [0.717, 1.165) is 5.69 Å². The number of carbonyl (C=O) groups excluding carboxylic acids is 1. The highest BCUT2D eigenvalue weighted by atomic mass is 16.6. The van der Waals surface area contributed by atoms with Gasteiger partial charge in [-0.25, -0.2) is 9.78 Å². The van der Waals surface area contributed by atoms with Crippen LogP contribution in [0, 0.1) is 6.92 Å². The Morgan fingerprint density at radius 1 is 1.29 bits per heavy atom. The first-order valence-electron chi connectivity index (χ1n) is 8.30. The Kier molecular flexibility index (Phi) is 5.65. The molecule has 1 aromatic heterocycles. The summed E-state index contributed by atoms with van der Waals surface area (Å²) < 4.78 is 7.38. The van der Waals surface area contributed by atoms with Crippen molar-refractivity contribution in [3.8, 4) is 0 Å². The molecule has 1 unspecified atom stereocenters. The normalized spacial score (nSPS) is 12.7.